The molecule has 2 aliphatic carbocycles. The van der Waals surface area contributed by atoms with E-state index in [-0.39, 0.29) is 16.8 Å². The number of sulfonamides is 1. The summed E-state index contributed by atoms with van der Waals surface area (Å²) in [4.78, 5) is 12.8. The molecule has 2 aromatic rings. The first-order chi connectivity index (χ1) is 12.9. The predicted molar refractivity (Wildman–Crippen MR) is 105 cm³/mol. The molecular weight excluding hydrogens is 360 g/mol. The van der Waals surface area contributed by atoms with Crippen LogP contribution in [0.2, 0.25) is 0 Å². The van der Waals surface area contributed by atoms with Gasteiger partial charge in [0, 0.05) is 17.3 Å². The molecule has 5 nitrogen and oxygen atoms in total. The lowest BCUT2D eigenvalue weighted by Crippen LogP contribution is -2.38. The Hall–Kier alpha value is -2.34. The number of nitrogens with one attached hydrogen (secondary N) is 2. The van der Waals surface area contributed by atoms with Gasteiger partial charge in [0.15, 0.2) is 0 Å². The van der Waals surface area contributed by atoms with Gasteiger partial charge in [-0.25, -0.2) is 8.42 Å². The SMILES string of the molecule is Cc1ccc(C(=O)N[C@H]2C[C@H]3CC[C@H]2C3)cc1S(=O)(=O)Nc1ccccc1. The third-order valence-corrected chi connectivity index (χ3v) is 7.34. The van der Waals surface area contributed by atoms with Gasteiger partial charge >= 0.3 is 0 Å². The Bertz CT molecular complexity index is 957. The maximum atomic E-state index is 12.8. The van der Waals surface area contributed by atoms with Crippen LogP contribution in [0.3, 0.4) is 0 Å². The summed E-state index contributed by atoms with van der Waals surface area (Å²) in [6.45, 7) is 1.73. The van der Waals surface area contributed by atoms with Crippen LogP contribution in [-0.4, -0.2) is 20.4 Å². The highest BCUT2D eigenvalue weighted by molar-refractivity contribution is 7.92. The van der Waals surface area contributed by atoms with Crippen LogP contribution in [0.4, 0.5) is 5.69 Å². The minimum absolute atomic E-state index is 0.131. The molecule has 0 aromatic heterocycles. The lowest BCUT2D eigenvalue weighted by molar-refractivity contribution is 0.0922. The number of carbonyl (C=O) groups excluding carboxylic acids is 1. The first kappa shape index (κ1) is 18.0. The fraction of sp³-hybridized carbons (Fsp3) is 0.381. The first-order valence-corrected chi connectivity index (χ1v) is 10.9. The van der Waals surface area contributed by atoms with Crippen molar-refractivity contribution in [2.45, 2.75) is 43.5 Å². The van der Waals surface area contributed by atoms with E-state index in [1.165, 1.54) is 25.3 Å². The average Bonchev–Trinajstić information content (AvgIpc) is 3.25. The third-order valence-electron chi connectivity index (χ3n) is 5.82. The molecular formula is C21H24N2O3S. The average molecular weight is 385 g/mol. The fourth-order valence-electron chi connectivity index (χ4n) is 4.42. The number of aryl methyl sites for hydroxylation is 1. The molecule has 6 heteroatoms. The number of hydrogen-bond donors (Lipinski definition) is 2. The van der Waals surface area contributed by atoms with Gasteiger partial charge in [0.05, 0.1) is 4.90 Å². The van der Waals surface area contributed by atoms with Crippen LogP contribution in [0.1, 0.15) is 41.6 Å². The van der Waals surface area contributed by atoms with Crippen molar-refractivity contribution in [3.63, 3.8) is 0 Å². The summed E-state index contributed by atoms with van der Waals surface area (Å²) in [6.07, 6.45) is 4.71. The highest BCUT2D eigenvalue weighted by Crippen LogP contribution is 2.44. The minimum Gasteiger partial charge on any atom is -0.349 e. The molecule has 2 aliphatic rings. The zero-order valence-electron chi connectivity index (χ0n) is 15.3. The van der Waals surface area contributed by atoms with Crippen molar-refractivity contribution >= 4 is 21.6 Å². The second-order valence-electron chi connectivity index (χ2n) is 7.71. The minimum atomic E-state index is -3.77. The van der Waals surface area contributed by atoms with Crippen molar-refractivity contribution in [1.82, 2.24) is 5.32 Å². The number of rotatable bonds is 5. The molecule has 2 bridgehead atoms. The van der Waals surface area contributed by atoms with Gasteiger partial charge in [-0.15, -0.1) is 0 Å². The molecule has 0 radical (unpaired) electrons. The Morgan fingerprint density at radius 1 is 1.04 bits per heavy atom. The van der Waals surface area contributed by atoms with Crippen molar-refractivity contribution in [2.24, 2.45) is 11.8 Å². The number of para-hydroxylation sites is 1. The standard InChI is InChI=1S/C21H24N2O3S/c1-14-7-9-17(21(24)22-19-12-15-8-10-16(19)11-15)13-20(14)27(25,26)23-18-5-3-2-4-6-18/h2-7,9,13,15-16,19,23H,8,10-12H2,1H3,(H,22,24)/t15-,16-,19-/m0/s1. The van der Waals surface area contributed by atoms with Crippen molar-refractivity contribution in [3.8, 4) is 0 Å². The maximum Gasteiger partial charge on any atom is 0.262 e. The van der Waals surface area contributed by atoms with E-state index in [0.717, 1.165) is 12.3 Å². The first-order valence-electron chi connectivity index (χ1n) is 9.42. The van der Waals surface area contributed by atoms with E-state index < -0.39 is 10.0 Å². The van der Waals surface area contributed by atoms with Gasteiger partial charge in [-0.05, 0) is 67.9 Å². The fourth-order valence-corrected chi connectivity index (χ4v) is 5.75. The molecule has 4 rings (SSSR count). The third kappa shape index (κ3) is 3.72. The van der Waals surface area contributed by atoms with Crippen LogP contribution in [0.5, 0.6) is 0 Å². The van der Waals surface area contributed by atoms with Gasteiger partial charge in [-0.1, -0.05) is 30.7 Å². The Morgan fingerprint density at radius 2 is 1.81 bits per heavy atom. The monoisotopic (exact) mass is 384 g/mol. The Labute approximate surface area is 160 Å². The van der Waals surface area contributed by atoms with Crippen LogP contribution in [0.15, 0.2) is 53.4 Å². The highest BCUT2D eigenvalue weighted by Gasteiger charge is 2.40. The van der Waals surface area contributed by atoms with E-state index in [9.17, 15) is 13.2 Å². The lowest BCUT2D eigenvalue weighted by atomic mass is 9.95. The summed E-state index contributed by atoms with van der Waals surface area (Å²) in [5, 5.41) is 3.12. The van der Waals surface area contributed by atoms with Gasteiger partial charge in [-0.3, -0.25) is 9.52 Å². The molecule has 0 unspecified atom stereocenters. The molecule has 27 heavy (non-hydrogen) atoms. The summed E-state index contributed by atoms with van der Waals surface area (Å²) in [5.74, 6) is 1.13. The number of amides is 1. The molecule has 3 atom stereocenters. The molecule has 2 N–H and O–H groups in total. The Morgan fingerprint density at radius 3 is 2.48 bits per heavy atom. The van der Waals surface area contributed by atoms with Gasteiger partial charge in [0.25, 0.3) is 15.9 Å². The second kappa shape index (κ2) is 7.00. The molecule has 2 saturated carbocycles. The van der Waals surface area contributed by atoms with Crippen LogP contribution in [0, 0.1) is 18.8 Å². The van der Waals surface area contributed by atoms with Crippen LogP contribution in [-0.2, 0) is 10.0 Å². The van der Waals surface area contributed by atoms with Gasteiger partial charge < -0.3 is 5.32 Å². The van der Waals surface area contributed by atoms with Crippen molar-refractivity contribution in [3.05, 3.63) is 59.7 Å². The molecule has 0 saturated heterocycles. The zero-order valence-corrected chi connectivity index (χ0v) is 16.1. The highest BCUT2D eigenvalue weighted by atomic mass is 32.2. The number of anilines is 1. The van der Waals surface area contributed by atoms with Crippen molar-refractivity contribution < 1.29 is 13.2 Å². The van der Waals surface area contributed by atoms with Gasteiger partial charge in [0.1, 0.15) is 0 Å². The normalized spacial score (nSPS) is 24.0. The van der Waals surface area contributed by atoms with E-state index in [0.29, 0.717) is 22.7 Å². The van der Waals surface area contributed by atoms with Crippen LogP contribution >= 0.6 is 0 Å². The maximum absolute atomic E-state index is 12.8. The molecule has 1 amide bonds. The van der Waals surface area contributed by atoms with Gasteiger partial charge in [-0.2, -0.15) is 0 Å². The lowest BCUT2D eigenvalue weighted by Gasteiger charge is -2.23. The van der Waals surface area contributed by atoms with Crippen LogP contribution in [0.25, 0.3) is 0 Å². The zero-order chi connectivity index (χ0) is 19.0. The van der Waals surface area contributed by atoms with E-state index in [1.54, 1.807) is 43.3 Å². The largest absolute Gasteiger partial charge is 0.349 e. The quantitative estimate of drug-likeness (QED) is 0.825. The van der Waals surface area contributed by atoms with E-state index in [2.05, 4.69) is 10.0 Å². The Balaban J connectivity index is 1.55. The Kier molecular flexibility index (Phi) is 4.68. The summed E-state index contributed by atoms with van der Waals surface area (Å²) >= 11 is 0. The molecule has 142 valence electrons. The number of carbonyl (C=O) groups is 1. The number of fused-ring (bicyclic) bond motifs is 2. The molecule has 2 aromatic carbocycles. The molecule has 0 spiro atoms. The van der Waals surface area contributed by atoms with E-state index in [4.69, 9.17) is 0 Å². The summed E-state index contributed by atoms with van der Waals surface area (Å²) in [5.41, 5.74) is 1.49. The van der Waals surface area contributed by atoms with Crippen molar-refractivity contribution in [1.29, 1.82) is 0 Å². The van der Waals surface area contributed by atoms with E-state index in [1.807, 2.05) is 6.07 Å². The number of hydrogen-bond acceptors (Lipinski definition) is 3. The molecule has 0 heterocycles. The summed E-state index contributed by atoms with van der Waals surface area (Å²) in [7, 11) is -3.77. The van der Waals surface area contributed by atoms with Crippen molar-refractivity contribution in [2.75, 3.05) is 4.72 Å². The molecule has 0 aliphatic heterocycles. The van der Waals surface area contributed by atoms with E-state index >= 15 is 0 Å². The summed E-state index contributed by atoms with van der Waals surface area (Å²) in [6, 6.07) is 13.8. The molecule has 2 fully saturated rings. The second-order valence-corrected chi connectivity index (χ2v) is 9.36. The van der Waals surface area contributed by atoms with Gasteiger partial charge in [0.2, 0.25) is 0 Å². The van der Waals surface area contributed by atoms with Crippen LogP contribution < -0.4 is 10.0 Å². The smallest absolute Gasteiger partial charge is 0.262 e. The predicted octanol–water partition coefficient (Wildman–Crippen LogP) is 3.71. The number of benzene rings is 2. The topological polar surface area (TPSA) is 75.3 Å². The summed E-state index contributed by atoms with van der Waals surface area (Å²) < 4.78 is 28.2.